The molecule has 0 heterocycles. The fourth-order valence-electron chi connectivity index (χ4n) is 4.90. The molecule has 2 rings (SSSR count). The monoisotopic (exact) mass is 282 g/mol. The first kappa shape index (κ1) is 15.3. The summed E-state index contributed by atoms with van der Waals surface area (Å²) in [6.07, 6.45) is 4.96. The normalized spacial score (nSPS) is 40.9. The number of carboxylic acid groups (broad SMARTS) is 2. The van der Waals surface area contributed by atoms with Gasteiger partial charge in [0.05, 0.1) is 11.8 Å². The number of aliphatic carboxylic acids is 2. The lowest BCUT2D eigenvalue weighted by atomic mass is 9.55. The fraction of sp³-hybridized carbons (Fsp3) is 0.875. The van der Waals surface area contributed by atoms with Crippen molar-refractivity contribution < 1.29 is 19.8 Å². The number of hydrogen-bond acceptors (Lipinski definition) is 2. The van der Waals surface area contributed by atoms with Crippen molar-refractivity contribution in [3.63, 3.8) is 0 Å². The summed E-state index contributed by atoms with van der Waals surface area (Å²) in [7, 11) is 0. The van der Waals surface area contributed by atoms with Crippen LogP contribution >= 0.6 is 0 Å². The summed E-state index contributed by atoms with van der Waals surface area (Å²) in [6, 6.07) is 0. The molecular weight excluding hydrogens is 256 g/mol. The zero-order valence-electron chi connectivity index (χ0n) is 12.4. The van der Waals surface area contributed by atoms with E-state index in [-0.39, 0.29) is 17.8 Å². The molecule has 0 aromatic carbocycles. The maximum absolute atomic E-state index is 11.5. The highest BCUT2D eigenvalue weighted by Gasteiger charge is 2.48. The van der Waals surface area contributed by atoms with Crippen LogP contribution in [0.5, 0.6) is 0 Å². The summed E-state index contributed by atoms with van der Waals surface area (Å²) in [4.78, 5) is 22.8. The van der Waals surface area contributed by atoms with E-state index in [0.29, 0.717) is 17.8 Å². The zero-order valence-corrected chi connectivity index (χ0v) is 12.4. The summed E-state index contributed by atoms with van der Waals surface area (Å²) in [5.74, 6) is -0.360. The molecule has 0 aliphatic heterocycles. The van der Waals surface area contributed by atoms with Crippen LogP contribution in [0, 0.1) is 35.5 Å². The molecule has 2 aliphatic carbocycles. The predicted molar refractivity (Wildman–Crippen MR) is 75.3 cm³/mol. The van der Waals surface area contributed by atoms with Crippen molar-refractivity contribution in [2.24, 2.45) is 35.5 Å². The first-order valence-electron chi connectivity index (χ1n) is 7.95. The van der Waals surface area contributed by atoms with Gasteiger partial charge < -0.3 is 10.2 Å². The average molecular weight is 282 g/mol. The summed E-state index contributed by atoms with van der Waals surface area (Å²) in [5.41, 5.74) is 0. The van der Waals surface area contributed by atoms with Crippen molar-refractivity contribution in [2.75, 3.05) is 0 Å². The van der Waals surface area contributed by atoms with E-state index < -0.39 is 11.9 Å². The Labute approximate surface area is 120 Å². The molecule has 2 saturated carbocycles. The van der Waals surface area contributed by atoms with Crippen LogP contribution in [0.2, 0.25) is 0 Å². The molecule has 2 aliphatic rings. The number of hydrogen-bond donors (Lipinski definition) is 2. The molecule has 4 nitrogen and oxygen atoms in total. The lowest BCUT2D eigenvalue weighted by molar-refractivity contribution is -0.153. The van der Waals surface area contributed by atoms with Crippen LogP contribution in [0.3, 0.4) is 0 Å². The van der Waals surface area contributed by atoms with Crippen LogP contribution in [0.15, 0.2) is 0 Å². The molecule has 0 aromatic rings. The molecule has 6 atom stereocenters. The summed E-state index contributed by atoms with van der Waals surface area (Å²) in [6.45, 7) is 4.19. The van der Waals surface area contributed by atoms with Gasteiger partial charge >= 0.3 is 11.9 Å². The van der Waals surface area contributed by atoms with Crippen LogP contribution in [-0.2, 0) is 9.59 Å². The van der Waals surface area contributed by atoms with Crippen molar-refractivity contribution in [1.29, 1.82) is 0 Å². The minimum atomic E-state index is -0.674. The highest BCUT2D eigenvalue weighted by molar-refractivity contribution is 5.71. The lowest BCUT2D eigenvalue weighted by Gasteiger charge is -2.49. The zero-order chi connectivity index (χ0) is 14.9. The number of carbonyl (C=O) groups is 2. The Morgan fingerprint density at radius 3 is 2.10 bits per heavy atom. The molecule has 0 spiro atoms. The average Bonchev–Trinajstić information content (AvgIpc) is 2.43. The van der Waals surface area contributed by atoms with E-state index in [0.717, 1.165) is 38.5 Å². The third kappa shape index (κ3) is 2.70. The highest BCUT2D eigenvalue weighted by Crippen LogP contribution is 2.52. The van der Waals surface area contributed by atoms with Gasteiger partial charge in [-0.15, -0.1) is 0 Å². The summed E-state index contributed by atoms with van der Waals surface area (Å²) < 4.78 is 0. The standard InChI is InChI=1S/C16H26O4/c1-3-11-12(4-2)14(16(19)20)7-9-5-6-10(15(17)18)8-13(9)11/h9-14H,3-8H2,1-2H3,(H,17,18)(H,19,20). The Balaban J connectivity index is 2.21. The molecule has 6 unspecified atom stereocenters. The van der Waals surface area contributed by atoms with Gasteiger partial charge in [-0.25, -0.2) is 0 Å². The predicted octanol–water partition coefficient (Wildman–Crippen LogP) is 3.26. The largest absolute Gasteiger partial charge is 0.481 e. The van der Waals surface area contributed by atoms with E-state index >= 15 is 0 Å². The third-order valence-corrected chi connectivity index (χ3v) is 5.83. The van der Waals surface area contributed by atoms with Crippen LogP contribution in [0.4, 0.5) is 0 Å². The van der Waals surface area contributed by atoms with Crippen LogP contribution in [0.1, 0.15) is 52.4 Å². The SMILES string of the molecule is CCC1C(C(=O)O)CC2CCC(C(=O)O)CC2C1CC. The number of carboxylic acids is 2. The second-order valence-electron chi connectivity index (χ2n) is 6.60. The van der Waals surface area contributed by atoms with E-state index in [2.05, 4.69) is 13.8 Å². The molecule has 0 aromatic heterocycles. The maximum Gasteiger partial charge on any atom is 0.306 e. The van der Waals surface area contributed by atoms with Crippen molar-refractivity contribution in [2.45, 2.75) is 52.4 Å². The fourth-order valence-corrected chi connectivity index (χ4v) is 4.90. The Bertz CT molecular complexity index is 379. The van der Waals surface area contributed by atoms with Gasteiger partial charge in [0.25, 0.3) is 0 Å². The number of rotatable bonds is 4. The smallest absolute Gasteiger partial charge is 0.306 e. The molecule has 0 amide bonds. The van der Waals surface area contributed by atoms with Gasteiger partial charge in [-0.3, -0.25) is 9.59 Å². The molecule has 0 radical (unpaired) electrons. The van der Waals surface area contributed by atoms with Gasteiger partial charge in [0.15, 0.2) is 0 Å². The van der Waals surface area contributed by atoms with Crippen molar-refractivity contribution in [3.8, 4) is 0 Å². The molecule has 20 heavy (non-hydrogen) atoms. The van der Waals surface area contributed by atoms with E-state index in [9.17, 15) is 19.8 Å². The minimum Gasteiger partial charge on any atom is -0.481 e. The van der Waals surface area contributed by atoms with Crippen molar-refractivity contribution in [3.05, 3.63) is 0 Å². The Hall–Kier alpha value is -1.06. The first-order valence-corrected chi connectivity index (χ1v) is 7.95. The van der Waals surface area contributed by atoms with Crippen LogP contribution in [-0.4, -0.2) is 22.2 Å². The second kappa shape index (κ2) is 6.15. The topological polar surface area (TPSA) is 74.6 Å². The number of fused-ring (bicyclic) bond motifs is 1. The Kier molecular flexibility index (Phi) is 4.71. The lowest BCUT2D eigenvalue weighted by Crippen LogP contribution is -2.46. The van der Waals surface area contributed by atoms with Crippen LogP contribution < -0.4 is 0 Å². The van der Waals surface area contributed by atoms with Gasteiger partial charge in [-0.05, 0) is 49.4 Å². The molecule has 4 heteroatoms. The van der Waals surface area contributed by atoms with E-state index in [1.54, 1.807) is 0 Å². The minimum absolute atomic E-state index is 0.214. The molecule has 2 N–H and O–H groups in total. The third-order valence-electron chi connectivity index (χ3n) is 5.83. The van der Waals surface area contributed by atoms with Crippen molar-refractivity contribution in [1.82, 2.24) is 0 Å². The van der Waals surface area contributed by atoms with Gasteiger partial charge in [0.2, 0.25) is 0 Å². The van der Waals surface area contributed by atoms with E-state index in [4.69, 9.17) is 0 Å². The quantitative estimate of drug-likeness (QED) is 0.830. The molecule has 0 saturated heterocycles. The maximum atomic E-state index is 11.5. The van der Waals surface area contributed by atoms with Crippen molar-refractivity contribution >= 4 is 11.9 Å². The van der Waals surface area contributed by atoms with Gasteiger partial charge in [-0.2, -0.15) is 0 Å². The molecule has 2 fully saturated rings. The molecule has 114 valence electrons. The highest BCUT2D eigenvalue weighted by atomic mass is 16.4. The Morgan fingerprint density at radius 1 is 0.950 bits per heavy atom. The van der Waals surface area contributed by atoms with E-state index in [1.165, 1.54) is 0 Å². The molecule has 0 bridgehead atoms. The van der Waals surface area contributed by atoms with Gasteiger partial charge in [0.1, 0.15) is 0 Å². The molecular formula is C16H26O4. The first-order chi connectivity index (χ1) is 9.49. The van der Waals surface area contributed by atoms with Gasteiger partial charge in [0, 0.05) is 0 Å². The van der Waals surface area contributed by atoms with Crippen LogP contribution in [0.25, 0.3) is 0 Å². The summed E-state index contributed by atoms with van der Waals surface area (Å²) in [5, 5.41) is 18.7. The Morgan fingerprint density at radius 2 is 1.60 bits per heavy atom. The van der Waals surface area contributed by atoms with E-state index in [1.807, 2.05) is 0 Å². The second-order valence-corrected chi connectivity index (χ2v) is 6.60. The summed E-state index contributed by atoms with van der Waals surface area (Å²) >= 11 is 0. The van der Waals surface area contributed by atoms with Gasteiger partial charge in [-0.1, -0.05) is 26.7 Å².